The summed E-state index contributed by atoms with van der Waals surface area (Å²) in [5.41, 5.74) is 4.05. The van der Waals surface area contributed by atoms with Crippen molar-refractivity contribution in [2.24, 2.45) is 0 Å². The molecule has 3 aromatic rings. The van der Waals surface area contributed by atoms with Crippen LogP contribution in [-0.2, 0) is 0 Å². The molecule has 1 heterocycles. The van der Waals surface area contributed by atoms with Gasteiger partial charge in [-0.15, -0.1) is 11.8 Å². The van der Waals surface area contributed by atoms with Crippen LogP contribution in [0.1, 0.15) is 28.0 Å². The Balaban J connectivity index is 1.75. The molecule has 0 spiro atoms. The zero-order valence-electron chi connectivity index (χ0n) is 11.7. The molecular formula is C19H14OS. The molecule has 0 saturated heterocycles. The monoisotopic (exact) mass is 290 g/mol. The molecule has 3 aromatic carbocycles. The van der Waals surface area contributed by atoms with Crippen LogP contribution in [0.3, 0.4) is 0 Å². The number of benzene rings is 3. The molecule has 0 aromatic heterocycles. The molecule has 102 valence electrons. The van der Waals surface area contributed by atoms with Crippen molar-refractivity contribution in [2.45, 2.75) is 23.2 Å². The van der Waals surface area contributed by atoms with E-state index in [0.29, 0.717) is 5.25 Å². The molecule has 0 amide bonds. The van der Waals surface area contributed by atoms with E-state index in [-0.39, 0.29) is 6.10 Å². The van der Waals surface area contributed by atoms with Gasteiger partial charge in [0.2, 0.25) is 0 Å². The van der Waals surface area contributed by atoms with Crippen molar-refractivity contribution in [2.75, 3.05) is 0 Å². The molecule has 2 heteroatoms. The minimum atomic E-state index is 0.145. The van der Waals surface area contributed by atoms with E-state index in [2.05, 4.69) is 61.5 Å². The van der Waals surface area contributed by atoms with Gasteiger partial charge in [-0.05, 0) is 41.0 Å². The quantitative estimate of drug-likeness (QED) is 0.546. The molecule has 21 heavy (non-hydrogen) atoms. The molecule has 2 aliphatic rings. The van der Waals surface area contributed by atoms with Crippen LogP contribution in [0.25, 0.3) is 10.8 Å². The van der Waals surface area contributed by atoms with Gasteiger partial charge < -0.3 is 4.74 Å². The fraction of sp³-hybridized carbons (Fsp3) is 0.158. The number of thioether (sulfide) groups is 1. The molecule has 1 aliphatic heterocycles. The first-order chi connectivity index (χ1) is 10.3. The molecule has 5 rings (SSSR count). The average Bonchev–Trinajstić information content (AvgIpc) is 2.82. The van der Waals surface area contributed by atoms with Gasteiger partial charge in [0.05, 0.1) is 10.1 Å². The van der Waals surface area contributed by atoms with Crippen molar-refractivity contribution in [3.63, 3.8) is 0 Å². The van der Waals surface area contributed by atoms with Crippen LogP contribution in [-0.4, -0.2) is 0 Å². The third-order valence-electron chi connectivity index (χ3n) is 4.46. The standard InChI is InChI=1S/C19H14OS/c1-11-8-9-15-16(10-11)21-19-14-7-3-5-12-4-2-6-13(17(12)14)18(19)20-15/h2-10,18-19H,1H3/t18-,19+/m1/s1. The Labute approximate surface area is 127 Å². The van der Waals surface area contributed by atoms with Crippen LogP contribution in [0, 0.1) is 6.92 Å². The Bertz CT molecular complexity index is 879. The minimum Gasteiger partial charge on any atom is -0.483 e. The Morgan fingerprint density at radius 2 is 1.76 bits per heavy atom. The topological polar surface area (TPSA) is 9.23 Å². The van der Waals surface area contributed by atoms with Crippen molar-refractivity contribution in [3.8, 4) is 5.75 Å². The van der Waals surface area contributed by atoms with Gasteiger partial charge in [-0.3, -0.25) is 0 Å². The van der Waals surface area contributed by atoms with Gasteiger partial charge in [-0.25, -0.2) is 0 Å². The summed E-state index contributed by atoms with van der Waals surface area (Å²) in [6.45, 7) is 2.14. The van der Waals surface area contributed by atoms with E-state index >= 15 is 0 Å². The summed E-state index contributed by atoms with van der Waals surface area (Å²) in [6, 6.07) is 19.6. The lowest BCUT2D eigenvalue weighted by molar-refractivity contribution is 0.198. The number of hydrogen-bond donors (Lipinski definition) is 0. The van der Waals surface area contributed by atoms with Gasteiger partial charge in [0.25, 0.3) is 0 Å². The van der Waals surface area contributed by atoms with E-state index in [9.17, 15) is 0 Å². The van der Waals surface area contributed by atoms with Crippen LogP contribution in [0.2, 0.25) is 0 Å². The number of aryl methyl sites for hydroxylation is 1. The predicted octanol–water partition coefficient (Wildman–Crippen LogP) is 5.43. The molecule has 0 N–H and O–H groups in total. The molecule has 0 radical (unpaired) electrons. The van der Waals surface area contributed by atoms with Crippen molar-refractivity contribution >= 4 is 22.5 Å². The molecule has 1 aliphatic carbocycles. The lowest BCUT2D eigenvalue weighted by Crippen LogP contribution is -2.14. The van der Waals surface area contributed by atoms with E-state index in [1.165, 1.54) is 32.4 Å². The van der Waals surface area contributed by atoms with E-state index in [4.69, 9.17) is 4.74 Å². The first-order valence-electron chi connectivity index (χ1n) is 7.27. The summed E-state index contributed by atoms with van der Waals surface area (Å²) in [7, 11) is 0. The normalized spacial score (nSPS) is 21.8. The smallest absolute Gasteiger partial charge is 0.141 e. The highest BCUT2D eigenvalue weighted by molar-refractivity contribution is 7.99. The second kappa shape index (κ2) is 4.05. The molecule has 0 bridgehead atoms. The maximum Gasteiger partial charge on any atom is 0.141 e. The van der Waals surface area contributed by atoms with Crippen LogP contribution >= 0.6 is 11.8 Å². The van der Waals surface area contributed by atoms with E-state index in [0.717, 1.165) is 5.75 Å². The molecule has 2 atom stereocenters. The summed E-state index contributed by atoms with van der Waals surface area (Å²) >= 11 is 1.95. The number of rotatable bonds is 0. The Kier molecular flexibility index (Phi) is 2.25. The van der Waals surface area contributed by atoms with Crippen LogP contribution < -0.4 is 4.74 Å². The second-order valence-corrected chi connectivity index (χ2v) is 7.00. The lowest BCUT2D eigenvalue weighted by Gasteiger charge is -2.29. The average molecular weight is 290 g/mol. The highest BCUT2D eigenvalue weighted by Crippen LogP contribution is 2.59. The maximum atomic E-state index is 6.36. The van der Waals surface area contributed by atoms with Crippen LogP contribution in [0.4, 0.5) is 0 Å². The summed E-state index contributed by atoms with van der Waals surface area (Å²) in [6.07, 6.45) is 0.145. The van der Waals surface area contributed by atoms with Gasteiger partial charge >= 0.3 is 0 Å². The summed E-state index contributed by atoms with van der Waals surface area (Å²) in [5.74, 6) is 1.02. The second-order valence-electron chi connectivity index (χ2n) is 5.82. The van der Waals surface area contributed by atoms with Crippen LogP contribution in [0.5, 0.6) is 5.75 Å². The van der Waals surface area contributed by atoms with Crippen molar-refractivity contribution < 1.29 is 4.74 Å². The van der Waals surface area contributed by atoms with E-state index in [1.807, 2.05) is 11.8 Å². The third-order valence-corrected chi connectivity index (χ3v) is 5.79. The van der Waals surface area contributed by atoms with Gasteiger partial charge in [0, 0.05) is 5.56 Å². The Hall–Kier alpha value is -1.93. The van der Waals surface area contributed by atoms with Crippen molar-refractivity contribution in [1.29, 1.82) is 0 Å². The number of ether oxygens (including phenoxy) is 1. The zero-order chi connectivity index (χ0) is 14.0. The van der Waals surface area contributed by atoms with E-state index < -0.39 is 0 Å². The highest BCUT2D eigenvalue weighted by Gasteiger charge is 2.40. The molecule has 0 unspecified atom stereocenters. The molecule has 0 fully saturated rings. The maximum absolute atomic E-state index is 6.36. The minimum absolute atomic E-state index is 0.145. The van der Waals surface area contributed by atoms with Crippen LogP contribution in [0.15, 0.2) is 59.5 Å². The lowest BCUT2D eigenvalue weighted by atomic mass is 10.1. The van der Waals surface area contributed by atoms with Gasteiger partial charge in [0.15, 0.2) is 0 Å². The summed E-state index contributed by atoms with van der Waals surface area (Å²) < 4.78 is 6.36. The van der Waals surface area contributed by atoms with Gasteiger partial charge in [0.1, 0.15) is 11.9 Å². The number of fused-ring (bicyclic) bond motifs is 4. The van der Waals surface area contributed by atoms with E-state index in [1.54, 1.807) is 0 Å². The zero-order valence-corrected chi connectivity index (χ0v) is 12.5. The summed E-state index contributed by atoms with van der Waals surface area (Å²) in [5, 5.41) is 3.09. The molecule has 1 nitrogen and oxygen atoms in total. The fourth-order valence-corrected chi connectivity index (χ4v) is 4.94. The predicted molar refractivity (Wildman–Crippen MR) is 87.1 cm³/mol. The largest absolute Gasteiger partial charge is 0.483 e. The first-order valence-corrected chi connectivity index (χ1v) is 8.15. The Morgan fingerprint density at radius 3 is 2.62 bits per heavy atom. The van der Waals surface area contributed by atoms with Crippen molar-refractivity contribution in [1.82, 2.24) is 0 Å². The fourth-order valence-electron chi connectivity index (χ4n) is 3.53. The number of hydrogen-bond acceptors (Lipinski definition) is 2. The van der Waals surface area contributed by atoms with Gasteiger partial charge in [-0.2, -0.15) is 0 Å². The third kappa shape index (κ3) is 1.54. The summed E-state index contributed by atoms with van der Waals surface area (Å²) in [4.78, 5) is 1.26. The van der Waals surface area contributed by atoms with Gasteiger partial charge in [-0.1, -0.05) is 42.5 Å². The first kappa shape index (κ1) is 11.7. The van der Waals surface area contributed by atoms with Crippen molar-refractivity contribution in [3.05, 3.63) is 71.3 Å². The highest BCUT2D eigenvalue weighted by atomic mass is 32.2. The SMILES string of the molecule is Cc1ccc2c(c1)S[C@H]1c3cccc4cccc(c34)[C@H]1O2. The Morgan fingerprint density at radius 1 is 0.952 bits per heavy atom. The molecular weight excluding hydrogens is 276 g/mol. The molecule has 0 saturated carbocycles.